The molecule has 3 aromatic rings. The SMILES string of the molecule is CS(C)=O.CS(C)=O.O=C(c1c(O)c2ccc3ccccc3c2oc1=O)C(F)(F)F.[Eu]. The van der Waals surface area contributed by atoms with Crippen LogP contribution in [0, 0.1) is 49.4 Å². The zero-order valence-electron chi connectivity index (χ0n) is 16.8. The molecule has 0 aliphatic rings. The third-order valence-corrected chi connectivity index (χ3v) is 3.25. The van der Waals surface area contributed by atoms with Gasteiger partial charge in [0, 0.05) is 101 Å². The molecule has 12 heteroatoms. The first-order chi connectivity index (χ1) is 13.8. The second-order valence-electron chi connectivity index (χ2n) is 6.09. The number of carbonyl (C=O) groups excluding carboxylic acids is 1. The van der Waals surface area contributed by atoms with E-state index in [1.165, 1.54) is 6.07 Å². The number of Topliss-reactive ketones (excluding diaryl/α,β-unsaturated/α-hetero) is 1. The van der Waals surface area contributed by atoms with Gasteiger partial charge in [-0.15, -0.1) is 0 Å². The minimum atomic E-state index is -5.28. The van der Waals surface area contributed by atoms with Gasteiger partial charge in [-0.05, 0) is 11.5 Å². The van der Waals surface area contributed by atoms with E-state index in [-0.39, 0.29) is 60.3 Å². The van der Waals surface area contributed by atoms with Crippen LogP contribution in [0.5, 0.6) is 5.75 Å². The van der Waals surface area contributed by atoms with Crippen molar-refractivity contribution in [2.75, 3.05) is 25.0 Å². The molecule has 0 fully saturated rings. The number of hydrogen-bond donors (Lipinski definition) is 1. The van der Waals surface area contributed by atoms with Crippen molar-refractivity contribution in [1.82, 2.24) is 0 Å². The molecule has 0 aliphatic heterocycles. The van der Waals surface area contributed by atoms with Gasteiger partial charge in [0.2, 0.25) is 0 Å². The molecule has 0 unspecified atom stereocenters. The van der Waals surface area contributed by atoms with Gasteiger partial charge in [-0.2, -0.15) is 13.2 Å². The largest absolute Gasteiger partial charge is 0.506 e. The molecule has 6 nitrogen and oxygen atoms in total. The maximum atomic E-state index is 12.5. The van der Waals surface area contributed by atoms with E-state index < -0.39 is 50.5 Å². The third-order valence-electron chi connectivity index (χ3n) is 3.25. The van der Waals surface area contributed by atoms with E-state index in [0.29, 0.717) is 10.8 Å². The quantitative estimate of drug-likeness (QED) is 0.256. The number of ketones is 1. The predicted molar refractivity (Wildman–Crippen MR) is 112 cm³/mol. The summed E-state index contributed by atoms with van der Waals surface area (Å²) < 4.78 is 61.5. The van der Waals surface area contributed by atoms with Crippen molar-refractivity contribution >= 4 is 49.1 Å². The van der Waals surface area contributed by atoms with Crippen molar-refractivity contribution in [3.05, 3.63) is 52.4 Å². The molecule has 0 spiro atoms. The fourth-order valence-electron chi connectivity index (χ4n) is 2.26. The van der Waals surface area contributed by atoms with E-state index >= 15 is 0 Å². The fraction of sp³-hybridized carbons (Fsp3) is 0.263. The van der Waals surface area contributed by atoms with Gasteiger partial charge in [0.05, 0.1) is 5.39 Å². The first-order valence-corrected chi connectivity index (χ1v) is 12.0. The molecule has 0 atom stereocenters. The Morgan fingerprint density at radius 3 is 1.90 bits per heavy atom. The van der Waals surface area contributed by atoms with E-state index in [9.17, 15) is 36.3 Å². The number of carbonyl (C=O) groups is 1. The topological polar surface area (TPSA) is 102 Å². The molecule has 31 heavy (non-hydrogen) atoms. The summed E-state index contributed by atoms with van der Waals surface area (Å²) in [4.78, 5) is 23.0. The van der Waals surface area contributed by atoms with Gasteiger partial charge < -0.3 is 9.52 Å². The van der Waals surface area contributed by atoms with Gasteiger partial charge in [0.25, 0.3) is 5.78 Å². The van der Waals surface area contributed by atoms with Crippen molar-refractivity contribution in [2.45, 2.75) is 6.18 Å². The Morgan fingerprint density at radius 1 is 0.935 bits per heavy atom. The minimum absolute atomic E-state index is 0. The number of rotatable bonds is 1. The molecule has 1 radical (unpaired) electrons. The van der Waals surface area contributed by atoms with Gasteiger partial charge in [-0.25, -0.2) is 4.79 Å². The molecule has 0 saturated carbocycles. The Labute approximate surface area is 221 Å². The summed E-state index contributed by atoms with van der Waals surface area (Å²) in [5, 5.41) is 10.9. The Bertz CT molecular complexity index is 1150. The van der Waals surface area contributed by atoms with Gasteiger partial charge in [-0.3, -0.25) is 13.2 Å². The van der Waals surface area contributed by atoms with Crippen molar-refractivity contribution in [3.8, 4) is 5.75 Å². The third kappa shape index (κ3) is 8.84. The Hall–Kier alpha value is -0.946. The molecule has 0 amide bonds. The van der Waals surface area contributed by atoms with Gasteiger partial charge in [0.15, 0.2) is 5.56 Å². The van der Waals surface area contributed by atoms with Gasteiger partial charge in [-0.1, -0.05) is 30.3 Å². The minimum Gasteiger partial charge on any atom is -0.506 e. The van der Waals surface area contributed by atoms with Gasteiger partial charge >= 0.3 is 11.8 Å². The number of alkyl halides is 3. The molecule has 3 rings (SSSR count). The summed E-state index contributed by atoms with van der Waals surface area (Å²) in [6, 6.07) is 9.51. The maximum Gasteiger partial charge on any atom is 0.455 e. The average molecular weight is 616 g/mol. The molecule has 0 bridgehead atoms. The van der Waals surface area contributed by atoms with Crippen LogP contribution in [-0.2, 0) is 21.6 Å². The van der Waals surface area contributed by atoms with Gasteiger partial charge in [0.1, 0.15) is 11.3 Å². The van der Waals surface area contributed by atoms with Crippen LogP contribution in [-0.4, -0.2) is 50.5 Å². The number of hydrogen-bond acceptors (Lipinski definition) is 6. The predicted octanol–water partition coefficient (Wildman–Crippen LogP) is 3.39. The molecular formula is C19H19EuF3O6S2. The van der Waals surface area contributed by atoms with E-state index in [1.807, 2.05) is 0 Å². The maximum absolute atomic E-state index is 12.5. The first-order valence-electron chi connectivity index (χ1n) is 8.06. The standard InChI is InChI=1S/C15H7F3O4.2C2H6OS.Eu/c16-15(17,18)13(20)10-11(19)9-6-5-7-3-1-2-4-8(7)12(9)22-14(10)21;2*1-4(2)3;/h1-6,19H;2*1-2H3;. The zero-order chi connectivity index (χ0) is 23.2. The van der Waals surface area contributed by atoms with E-state index in [0.717, 1.165) is 0 Å². The molecule has 0 aliphatic carbocycles. The smallest absolute Gasteiger partial charge is 0.455 e. The van der Waals surface area contributed by atoms with Crippen molar-refractivity contribution in [3.63, 3.8) is 0 Å². The summed E-state index contributed by atoms with van der Waals surface area (Å²) in [6.07, 6.45) is 1.27. The first kappa shape index (κ1) is 30.1. The number of fused-ring (bicyclic) bond motifs is 3. The van der Waals surface area contributed by atoms with Crippen LogP contribution in [0.2, 0.25) is 0 Å². The second-order valence-corrected chi connectivity index (χ2v) is 9.05. The Balaban J connectivity index is 0.000000867. The average Bonchev–Trinajstić information content (AvgIpc) is 2.59. The van der Waals surface area contributed by atoms with Crippen LogP contribution in [0.25, 0.3) is 21.7 Å². The van der Waals surface area contributed by atoms with Crippen molar-refractivity contribution < 1.29 is 85.3 Å². The molecule has 0 saturated heterocycles. The van der Waals surface area contributed by atoms with Crippen LogP contribution in [0.15, 0.2) is 45.6 Å². The number of aromatic hydroxyl groups is 1. The molecule has 2 aromatic carbocycles. The van der Waals surface area contributed by atoms with Crippen molar-refractivity contribution in [1.29, 1.82) is 0 Å². The van der Waals surface area contributed by atoms with E-state index in [4.69, 9.17) is 4.42 Å². The van der Waals surface area contributed by atoms with Crippen LogP contribution < -0.4 is 5.63 Å². The Morgan fingerprint density at radius 2 is 1.42 bits per heavy atom. The molecule has 171 valence electrons. The van der Waals surface area contributed by atoms with E-state index in [2.05, 4.69) is 0 Å². The summed E-state index contributed by atoms with van der Waals surface area (Å²) in [7, 11) is -1.22. The van der Waals surface area contributed by atoms with Crippen LogP contribution in [0.4, 0.5) is 13.2 Å². The molecule has 1 heterocycles. The van der Waals surface area contributed by atoms with E-state index in [1.54, 1.807) is 55.4 Å². The van der Waals surface area contributed by atoms with Crippen LogP contribution >= 0.6 is 0 Å². The van der Waals surface area contributed by atoms with Crippen molar-refractivity contribution in [2.24, 2.45) is 0 Å². The Kier molecular flexibility index (Phi) is 12.5. The molecular weight excluding hydrogens is 597 g/mol. The summed E-state index contributed by atoms with van der Waals surface area (Å²) in [5.74, 6) is -3.46. The van der Waals surface area contributed by atoms with Crippen LogP contribution in [0.3, 0.4) is 0 Å². The molecule has 1 N–H and O–H groups in total. The monoisotopic (exact) mass is 617 g/mol. The fourth-order valence-corrected chi connectivity index (χ4v) is 2.26. The summed E-state index contributed by atoms with van der Waals surface area (Å²) in [5.41, 5.74) is -3.00. The normalized spacial score (nSPS) is 10.7. The number of halogens is 3. The zero-order valence-corrected chi connectivity index (χ0v) is 20.8. The molecule has 1 aromatic heterocycles. The second kappa shape index (κ2) is 12.9. The summed E-state index contributed by atoms with van der Waals surface area (Å²) in [6.45, 7) is 0. The number of benzene rings is 2. The van der Waals surface area contributed by atoms with Crippen LogP contribution in [0.1, 0.15) is 10.4 Å². The summed E-state index contributed by atoms with van der Waals surface area (Å²) >= 11 is 0.